The lowest BCUT2D eigenvalue weighted by molar-refractivity contribution is 0.547. The minimum Gasteiger partial charge on any atom is -0.384 e. The highest BCUT2D eigenvalue weighted by molar-refractivity contribution is 5.45. The predicted octanol–water partition coefficient (Wildman–Crippen LogP) is 2.67. The van der Waals surface area contributed by atoms with Crippen LogP contribution in [-0.4, -0.2) is 15.0 Å². The Balaban J connectivity index is 2.18. The van der Waals surface area contributed by atoms with Crippen LogP contribution in [0.25, 0.3) is 0 Å². The Bertz CT molecular complexity index is 601. The molecule has 0 aliphatic rings. The highest BCUT2D eigenvalue weighted by atomic mass is 15.1. The van der Waals surface area contributed by atoms with Gasteiger partial charge in [-0.15, -0.1) is 0 Å². The van der Waals surface area contributed by atoms with E-state index in [1.807, 2.05) is 19.1 Å². The summed E-state index contributed by atoms with van der Waals surface area (Å²) in [6, 6.07) is 5.71. The number of hydrogen-bond donors (Lipinski definition) is 2. The third kappa shape index (κ3) is 3.44. The first-order valence-electron chi connectivity index (χ1n) is 6.65. The Morgan fingerprint density at radius 3 is 2.65 bits per heavy atom. The van der Waals surface area contributed by atoms with Crippen molar-refractivity contribution in [2.75, 3.05) is 11.1 Å². The molecule has 2 aromatic rings. The van der Waals surface area contributed by atoms with Crippen LogP contribution >= 0.6 is 0 Å². The van der Waals surface area contributed by atoms with E-state index >= 15 is 0 Å². The van der Waals surface area contributed by atoms with Crippen LogP contribution in [0.1, 0.15) is 37.9 Å². The number of pyridine rings is 1. The molecule has 0 aromatic carbocycles. The Kier molecular flexibility index (Phi) is 3.88. The van der Waals surface area contributed by atoms with Crippen molar-refractivity contribution in [1.82, 2.24) is 15.0 Å². The molecule has 0 unspecified atom stereocenters. The van der Waals surface area contributed by atoms with Crippen LogP contribution in [0.4, 0.5) is 11.6 Å². The van der Waals surface area contributed by atoms with Crippen molar-refractivity contribution in [2.24, 2.45) is 0 Å². The zero-order valence-corrected chi connectivity index (χ0v) is 12.4. The summed E-state index contributed by atoms with van der Waals surface area (Å²) >= 11 is 0. The van der Waals surface area contributed by atoms with Gasteiger partial charge in [-0.2, -0.15) is 0 Å². The summed E-state index contributed by atoms with van der Waals surface area (Å²) in [7, 11) is 0. The van der Waals surface area contributed by atoms with Crippen LogP contribution in [-0.2, 0) is 12.0 Å². The van der Waals surface area contributed by atoms with E-state index in [2.05, 4.69) is 41.0 Å². The first kappa shape index (κ1) is 14.2. The third-order valence-corrected chi connectivity index (χ3v) is 2.97. The second-order valence-electron chi connectivity index (χ2n) is 5.87. The summed E-state index contributed by atoms with van der Waals surface area (Å²) in [5.41, 5.74) is 7.87. The van der Waals surface area contributed by atoms with E-state index < -0.39 is 0 Å². The molecule has 0 saturated carbocycles. The Morgan fingerprint density at radius 2 is 2.00 bits per heavy atom. The van der Waals surface area contributed by atoms with Crippen molar-refractivity contribution in [3.8, 4) is 0 Å². The predicted molar refractivity (Wildman–Crippen MR) is 81.4 cm³/mol. The molecule has 5 heteroatoms. The molecule has 3 N–H and O–H groups in total. The van der Waals surface area contributed by atoms with Gasteiger partial charge in [0.25, 0.3) is 0 Å². The van der Waals surface area contributed by atoms with Gasteiger partial charge in [-0.05, 0) is 18.6 Å². The van der Waals surface area contributed by atoms with E-state index in [9.17, 15) is 0 Å². The number of rotatable bonds is 3. The molecule has 5 nitrogen and oxygen atoms in total. The van der Waals surface area contributed by atoms with Crippen LogP contribution in [0.3, 0.4) is 0 Å². The van der Waals surface area contributed by atoms with Gasteiger partial charge >= 0.3 is 0 Å². The van der Waals surface area contributed by atoms with Gasteiger partial charge in [0.2, 0.25) is 0 Å². The summed E-state index contributed by atoms with van der Waals surface area (Å²) in [5, 5.41) is 3.26. The van der Waals surface area contributed by atoms with Crippen molar-refractivity contribution >= 4 is 11.6 Å². The highest BCUT2D eigenvalue weighted by Gasteiger charge is 2.18. The molecule has 0 amide bonds. The van der Waals surface area contributed by atoms with Gasteiger partial charge in [-0.3, -0.25) is 4.98 Å². The maximum absolute atomic E-state index is 5.85. The first-order valence-corrected chi connectivity index (χ1v) is 6.65. The van der Waals surface area contributed by atoms with Gasteiger partial charge in [0.15, 0.2) is 0 Å². The number of aryl methyl sites for hydroxylation is 1. The molecule has 2 aromatic heterocycles. The molecular formula is C15H21N5. The minimum absolute atomic E-state index is 0.132. The zero-order valence-electron chi connectivity index (χ0n) is 12.4. The Hall–Kier alpha value is -2.17. The zero-order chi connectivity index (χ0) is 14.8. The number of nitrogens with two attached hydrogens (primary N) is 1. The van der Waals surface area contributed by atoms with Crippen molar-refractivity contribution < 1.29 is 0 Å². The molecule has 0 aliphatic carbocycles. The summed E-state index contributed by atoms with van der Waals surface area (Å²) in [6.07, 6.45) is 1.79. The smallest absolute Gasteiger partial charge is 0.138 e. The maximum Gasteiger partial charge on any atom is 0.138 e. The molecule has 0 bridgehead atoms. The lowest BCUT2D eigenvalue weighted by Crippen LogP contribution is -2.18. The molecule has 0 atom stereocenters. The maximum atomic E-state index is 5.85. The fourth-order valence-electron chi connectivity index (χ4n) is 1.77. The fourth-order valence-corrected chi connectivity index (χ4v) is 1.77. The number of nitrogens with one attached hydrogen (secondary N) is 1. The Morgan fingerprint density at radius 1 is 1.25 bits per heavy atom. The highest BCUT2D eigenvalue weighted by Crippen LogP contribution is 2.21. The monoisotopic (exact) mass is 271 g/mol. The lowest BCUT2D eigenvalue weighted by Gasteiger charge is -2.18. The van der Waals surface area contributed by atoms with Gasteiger partial charge in [0.1, 0.15) is 17.5 Å². The van der Waals surface area contributed by atoms with Crippen LogP contribution in [0, 0.1) is 6.92 Å². The van der Waals surface area contributed by atoms with Gasteiger partial charge in [-0.25, -0.2) is 9.97 Å². The van der Waals surface area contributed by atoms with Gasteiger partial charge < -0.3 is 11.1 Å². The summed E-state index contributed by atoms with van der Waals surface area (Å²) < 4.78 is 0. The standard InChI is InChI=1S/C15H21N5/c1-10-6-5-7-17-11(10)9-18-13-8-12(16)19-14(20-13)15(2,3)4/h5-8H,9H2,1-4H3,(H3,16,18,19,20). The lowest BCUT2D eigenvalue weighted by atomic mass is 9.96. The molecular weight excluding hydrogens is 250 g/mol. The van der Waals surface area contributed by atoms with Crippen LogP contribution < -0.4 is 11.1 Å². The molecule has 0 radical (unpaired) electrons. The molecule has 0 saturated heterocycles. The largest absolute Gasteiger partial charge is 0.384 e. The molecule has 106 valence electrons. The number of hydrogen-bond acceptors (Lipinski definition) is 5. The molecule has 0 fully saturated rings. The normalized spacial score (nSPS) is 11.4. The summed E-state index contributed by atoms with van der Waals surface area (Å²) in [6.45, 7) is 8.85. The van der Waals surface area contributed by atoms with Crippen molar-refractivity contribution in [1.29, 1.82) is 0 Å². The second kappa shape index (κ2) is 5.45. The van der Waals surface area contributed by atoms with Crippen LogP contribution in [0.5, 0.6) is 0 Å². The average molecular weight is 271 g/mol. The van der Waals surface area contributed by atoms with E-state index in [1.54, 1.807) is 12.3 Å². The average Bonchev–Trinajstić information content (AvgIpc) is 2.36. The molecule has 2 rings (SSSR count). The van der Waals surface area contributed by atoms with Crippen molar-refractivity contribution in [3.63, 3.8) is 0 Å². The van der Waals surface area contributed by atoms with Gasteiger partial charge in [-0.1, -0.05) is 26.8 Å². The number of nitrogens with zero attached hydrogens (tertiary/aromatic N) is 3. The second-order valence-corrected chi connectivity index (χ2v) is 5.87. The van der Waals surface area contributed by atoms with E-state index in [1.165, 1.54) is 0 Å². The minimum atomic E-state index is -0.132. The molecule has 0 aliphatic heterocycles. The third-order valence-electron chi connectivity index (χ3n) is 2.97. The van der Waals surface area contributed by atoms with E-state index in [4.69, 9.17) is 5.73 Å². The van der Waals surface area contributed by atoms with Gasteiger partial charge in [0.05, 0.1) is 12.2 Å². The molecule has 20 heavy (non-hydrogen) atoms. The van der Waals surface area contributed by atoms with Crippen molar-refractivity contribution in [3.05, 3.63) is 41.5 Å². The van der Waals surface area contributed by atoms with E-state index in [0.717, 1.165) is 22.9 Å². The number of anilines is 2. The quantitative estimate of drug-likeness (QED) is 0.897. The van der Waals surface area contributed by atoms with E-state index in [-0.39, 0.29) is 5.41 Å². The Labute approximate surface area is 119 Å². The van der Waals surface area contributed by atoms with Gasteiger partial charge in [0, 0.05) is 17.7 Å². The van der Waals surface area contributed by atoms with E-state index in [0.29, 0.717) is 12.4 Å². The number of nitrogen functional groups attached to an aromatic ring is 1. The SMILES string of the molecule is Cc1cccnc1CNc1cc(N)nc(C(C)(C)C)n1. The van der Waals surface area contributed by atoms with Crippen LogP contribution in [0.2, 0.25) is 0 Å². The topological polar surface area (TPSA) is 76.7 Å². The molecule has 2 heterocycles. The van der Waals surface area contributed by atoms with Crippen molar-refractivity contribution in [2.45, 2.75) is 39.7 Å². The molecule has 0 spiro atoms. The number of aromatic nitrogens is 3. The fraction of sp³-hybridized carbons (Fsp3) is 0.400. The van der Waals surface area contributed by atoms with Crippen LogP contribution in [0.15, 0.2) is 24.4 Å². The summed E-state index contributed by atoms with van der Waals surface area (Å²) in [4.78, 5) is 13.2. The first-order chi connectivity index (χ1) is 9.36. The summed E-state index contributed by atoms with van der Waals surface area (Å²) in [5.74, 6) is 1.94.